The molecule has 1 N–H and O–H groups in total. The molecule has 0 radical (unpaired) electrons. The molecule has 0 aliphatic heterocycles. The molecule has 0 aromatic rings. The molecule has 1 rings (SSSR count). The van der Waals surface area contributed by atoms with Crippen LogP contribution in [-0.2, 0) is 0 Å². The van der Waals surface area contributed by atoms with E-state index in [2.05, 4.69) is 34.3 Å². The molecule has 1 heteroatoms. The Balaban J connectivity index is 2.59. The maximum atomic E-state index is 10.5. The normalized spacial score (nSPS) is 34.9. The summed E-state index contributed by atoms with van der Waals surface area (Å²) < 4.78 is 0. The first-order chi connectivity index (χ1) is 6.79. The summed E-state index contributed by atoms with van der Waals surface area (Å²) in [6.07, 6.45) is 6.05. The number of hydrogen-bond donors (Lipinski definition) is 1. The molecule has 0 aromatic carbocycles. The lowest BCUT2D eigenvalue weighted by Gasteiger charge is -2.43. The van der Waals surface area contributed by atoms with Gasteiger partial charge in [0.1, 0.15) is 0 Å². The van der Waals surface area contributed by atoms with Crippen LogP contribution in [-0.4, -0.2) is 10.7 Å². The topological polar surface area (TPSA) is 20.2 Å². The average Bonchev–Trinajstić information content (AvgIpc) is 2.15. The van der Waals surface area contributed by atoms with E-state index in [1.807, 2.05) is 6.08 Å². The summed E-state index contributed by atoms with van der Waals surface area (Å²) >= 11 is 0. The van der Waals surface area contributed by atoms with Crippen LogP contribution in [0.4, 0.5) is 0 Å². The van der Waals surface area contributed by atoms with Gasteiger partial charge >= 0.3 is 0 Å². The fraction of sp³-hybridized carbons (Fsp3) is 0.857. The van der Waals surface area contributed by atoms with Crippen molar-refractivity contribution in [2.75, 3.05) is 0 Å². The highest BCUT2D eigenvalue weighted by Crippen LogP contribution is 2.44. The van der Waals surface area contributed by atoms with Crippen molar-refractivity contribution in [3.63, 3.8) is 0 Å². The summed E-state index contributed by atoms with van der Waals surface area (Å²) in [5.74, 6) is 0.980. The number of rotatable bonds is 2. The first-order valence-electron chi connectivity index (χ1n) is 6.14. The van der Waals surface area contributed by atoms with Crippen LogP contribution >= 0.6 is 0 Å². The molecule has 1 fully saturated rings. The van der Waals surface area contributed by atoms with Crippen LogP contribution in [0.1, 0.15) is 53.4 Å². The van der Waals surface area contributed by atoms with E-state index >= 15 is 0 Å². The largest absolute Gasteiger partial charge is 0.389 e. The molecular formula is C14H26O. The van der Waals surface area contributed by atoms with Gasteiger partial charge in [-0.15, -0.1) is 6.58 Å². The molecule has 1 saturated carbocycles. The van der Waals surface area contributed by atoms with Gasteiger partial charge in [-0.1, -0.05) is 33.8 Å². The van der Waals surface area contributed by atoms with Crippen molar-refractivity contribution in [1.82, 2.24) is 0 Å². The molecule has 1 aliphatic carbocycles. The zero-order valence-corrected chi connectivity index (χ0v) is 10.7. The minimum Gasteiger partial charge on any atom is -0.389 e. The van der Waals surface area contributed by atoms with Gasteiger partial charge in [0.05, 0.1) is 5.60 Å². The predicted octanol–water partition coefficient (Wildman–Crippen LogP) is 3.78. The lowest BCUT2D eigenvalue weighted by atomic mass is 9.66. The van der Waals surface area contributed by atoms with Gasteiger partial charge in [-0.05, 0) is 37.0 Å². The number of aliphatic hydroxyl groups is 1. The quantitative estimate of drug-likeness (QED) is 0.688. The molecule has 0 bridgehead atoms. The predicted molar refractivity (Wildman–Crippen MR) is 65.7 cm³/mol. The van der Waals surface area contributed by atoms with Crippen molar-refractivity contribution >= 4 is 0 Å². The van der Waals surface area contributed by atoms with E-state index in [-0.39, 0.29) is 5.92 Å². The van der Waals surface area contributed by atoms with E-state index in [1.165, 1.54) is 0 Å². The Kier molecular flexibility index (Phi) is 3.65. The van der Waals surface area contributed by atoms with Crippen LogP contribution in [0.3, 0.4) is 0 Å². The smallest absolute Gasteiger partial charge is 0.0707 e. The third-order valence-corrected chi connectivity index (χ3v) is 4.28. The van der Waals surface area contributed by atoms with Crippen LogP contribution in [0.15, 0.2) is 12.7 Å². The summed E-state index contributed by atoms with van der Waals surface area (Å²) in [6.45, 7) is 12.8. The molecule has 0 aromatic heterocycles. The summed E-state index contributed by atoms with van der Waals surface area (Å²) in [5, 5.41) is 10.5. The Hall–Kier alpha value is -0.300. The van der Waals surface area contributed by atoms with Crippen molar-refractivity contribution in [3.8, 4) is 0 Å². The summed E-state index contributed by atoms with van der Waals surface area (Å²) in [6, 6.07) is 0. The van der Waals surface area contributed by atoms with Gasteiger partial charge in [-0.3, -0.25) is 0 Å². The molecule has 0 heterocycles. The van der Waals surface area contributed by atoms with E-state index in [0.717, 1.165) is 31.6 Å². The Morgan fingerprint density at radius 1 is 1.33 bits per heavy atom. The molecule has 1 nitrogen and oxygen atoms in total. The van der Waals surface area contributed by atoms with Crippen LogP contribution in [0.5, 0.6) is 0 Å². The second-order valence-electron chi connectivity index (χ2n) is 6.27. The van der Waals surface area contributed by atoms with Gasteiger partial charge < -0.3 is 5.11 Å². The third kappa shape index (κ3) is 2.84. The second-order valence-corrected chi connectivity index (χ2v) is 6.27. The molecule has 15 heavy (non-hydrogen) atoms. The van der Waals surface area contributed by atoms with Crippen LogP contribution < -0.4 is 0 Å². The zero-order valence-electron chi connectivity index (χ0n) is 10.7. The fourth-order valence-corrected chi connectivity index (χ4v) is 2.66. The van der Waals surface area contributed by atoms with Crippen LogP contribution in [0.2, 0.25) is 0 Å². The Labute approximate surface area is 94.6 Å². The molecule has 1 unspecified atom stereocenters. The van der Waals surface area contributed by atoms with E-state index in [0.29, 0.717) is 5.41 Å². The first-order valence-corrected chi connectivity index (χ1v) is 6.14. The fourth-order valence-electron chi connectivity index (χ4n) is 2.66. The third-order valence-electron chi connectivity index (χ3n) is 4.28. The van der Waals surface area contributed by atoms with Gasteiger partial charge in [0, 0.05) is 5.92 Å². The van der Waals surface area contributed by atoms with Gasteiger partial charge in [0.2, 0.25) is 0 Å². The summed E-state index contributed by atoms with van der Waals surface area (Å²) in [5.41, 5.74) is -0.0950. The van der Waals surface area contributed by atoms with Crippen molar-refractivity contribution < 1.29 is 5.11 Å². The molecule has 1 aliphatic rings. The van der Waals surface area contributed by atoms with Crippen LogP contribution in [0, 0.1) is 17.3 Å². The van der Waals surface area contributed by atoms with Crippen molar-refractivity contribution in [2.24, 2.45) is 17.3 Å². The second kappa shape index (κ2) is 4.29. The van der Waals surface area contributed by atoms with Gasteiger partial charge in [0.25, 0.3) is 0 Å². The highest BCUT2D eigenvalue weighted by atomic mass is 16.3. The molecule has 0 saturated heterocycles. The Morgan fingerprint density at radius 3 is 2.13 bits per heavy atom. The Bertz CT molecular complexity index is 216. The lowest BCUT2D eigenvalue weighted by molar-refractivity contribution is -0.0512. The van der Waals surface area contributed by atoms with E-state index in [1.54, 1.807) is 0 Å². The minimum absolute atomic E-state index is 0.221. The molecule has 1 atom stereocenters. The zero-order chi connectivity index (χ0) is 11.7. The SMILES string of the molecule is C=CC(C)C1(O)CCC(C(C)(C)C)CC1. The Morgan fingerprint density at radius 2 is 1.80 bits per heavy atom. The average molecular weight is 210 g/mol. The maximum absolute atomic E-state index is 10.5. The minimum atomic E-state index is -0.483. The van der Waals surface area contributed by atoms with E-state index in [4.69, 9.17) is 0 Å². The summed E-state index contributed by atoms with van der Waals surface area (Å²) in [7, 11) is 0. The van der Waals surface area contributed by atoms with Crippen LogP contribution in [0.25, 0.3) is 0 Å². The lowest BCUT2D eigenvalue weighted by Crippen LogP contribution is -2.41. The monoisotopic (exact) mass is 210 g/mol. The van der Waals surface area contributed by atoms with E-state index < -0.39 is 5.60 Å². The van der Waals surface area contributed by atoms with Gasteiger partial charge in [-0.2, -0.15) is 0 Å². The maximum Gasteiger partial charge on any atom is 0.0707 e. The van der Waals surface area contributed by atoms with Gasteiger partial charge in [0.15, 0.2) is 0 Å². The highest BCUT2D eigenvalue weighted by Gasteiger charge is 2.39. The molecular weight excluding hydrogens is 184 g/mol. The molecule has 0 spiro atoms. The molecule has 0 amide bonds. The van der Waals surface area contributed by atoms with Crippen molar-refractivity contribution in [3.05, 3.63) is 12.7 Å². The highest BCUT2D eigenvalue weighted by molar-refractivity contribution is 4.97. The van der Waals surface area contributed by atoms with Crippen molar-refractivity contribution in [1.29, 1.82) is 0 Å². The molecule has 88 valence electrons. The standard InChI is InChI=1S/C14H26O/c1-6-11(2)14(15)9-7-12(8-10-14)13(3,4)5/h6,11-12,15H,1,7-10H2,2-5H3. The van der Waals surface area contributed by atoms with Crippen molar-refractivity contribution in [2.45, 2.75) is 59.0 Å². The summed E-state index contributed by atoms with van der Waals surface area (Å²) in [4.78, 5) is 0. The van der Waals surface area contributed by atoms with Gasteiger partial charge in [-0.25, -0.2) is 0 Å². The first kappa shape index (κ1) is 12.8. The number of hydrogen-bond acceptors (Lipinski definition) is 1. The van der Waals surface area contributed by atoms with E-state index in [9.17, 15) is 5.11 Å².